The zero-order chi connectivity index (χ0) is 11.7. The van der Waals surface area contributed by atoms with Crippen LogP contribution in [0.2, 0.25) is 5.15 Å². The molecule has 1 aromatic heterocycles. The topological polar surface area (TPSA) is 66.6 Å². The highest BCUT2D eigenvalue weighted by molar-refractivity contribution is 6.32. The molecule has 0 aliphatic carbocycles. The van der Waals surface area contributed by atoms with Gasteiger partial charge in [-0.2, -0.15) is 0 Å². The highest BCUT2D eigenvalue weighted by Gasteiger charge is 2.29. The minimum absolute atomic E-state index is 0.0243. The number of carbonyl (C=O) groups is 1. The third kappa shape index (κ3) is 2.05. The number of rotatable bonds is 2. The van der Waals surface area contributed by atoms with E-state index in [1.807, 2.05) is 7.05 Å². The van der Waals surface area contributed by atoms with E-state index in [1.54, 1.807) is 0 Å². The number of carboxylic acids is 1. The van der Waals surface area contributed by atoms with E-state index in [0.29, 0.717) is 5.76 Å². The van der Waals surface area contributed by atoms with Crippen molar-refractivity contribution in [1.82, 2.24) is 10.1 Å². The van der Waals surface area contributed by atoms with Crippen LogP contribution in [0.15, 0.2) is 4.52 Å². The third-order valence-corrected chi connectivity index (χ3v) is 3.24. The summed E-state index contributed by atoms with van der Waals surface area (Å²) in [5, 5.41) is 12.5. The number of piperidine rings is 1. The molecule has 1 N–H and O–H groups in total. The van der Waals surface area contributed by atoms with E-state index in [0.717, 1.165) is 25.9 Å². The number of carboxylic acid groups (broad SMARTS) is 1. The van der Waals surface area contributed by atoms with Crippen molar-refractivity contribution >= 4 is 17.6 Å². The standard InChI is InChI=1S/C10H13ClN2O3/c1-13-4-2-6(3-5-13)8-7(10(14)15)9(11)12-16-8/h6H,2-5H2,1H3,(H,14,15). The average molecular weight is 245 g/mol. The van der Waals surface area contributed by atoms with Crippen LogP contribution in [-0.2, 0) is 0 Å². The van der Waals surface area contributed by atoms with Crippen LogP contribution < -0.4 is 0 Å². The molecular formula is C10H13ClN2O3. The minimum Gasteiger partial charge on any atom is -0.477 e. The molecule has 0 amide bonds. The molecule has 0 atom stereocenters. The van der Waals surface area contributed by atoms with Gasteiger partial charge in [-0.25, -0.2) is 4.79 Å². The van der Waals surface area contributed by atoms with Crippen molar-refractivity contribution in [2.24, 2.45) is 0 Å². The third-order valence-electron chi connectivity index (χ3n) is 2.98. The summed E-state index contributed by atoms with van der Waals surface area (Å²) in [6, 6.07) is 0. The Bertz CT molecular complexity index is 397. The van der Waals surface area contributed by atoms with Crippen LogP contribution in [0.5, 0.6) is 0 Å². The summed E-state index contributed by atoms with van der Waals surface area (Å²) < 4.78 is 5.05. The Morgan fingerprint density at radius 2 is 2.19 bits per heavy atom. The summed E-state index contributed by atoms with van der Waals surface area (Å²) in [7, 11) is 2.04. The first-order valence-electron chi connectivity index (χ1n) is 5.16. The van der Waals surface area contributed by atoms with E-state index in [1.165, 1.54) is 0 Å². The van der Waals surface area contributed by atoms with Crippen molar-refractivity contribution in [2.45, 2.75) is 18.8 Å². The van der Waals surface area contributed by atoms with Gasteiger partial charge in [0.1, 0.15) is 5.56 Å². The lowest BCUT2D eigenvalue weighted by Gasteiger charge is -2.27. The van der Waals surface area contributed by atoms with Crippen molar-refractivity contribution in [3.63, 3.8) is 0 Å². The molecule has 0 aromatic carbocycles. The molecule has 5 nitrogen and oxygen atoms in total. The van der Waals surface area contributed by atoms with E-state index in [-0.39, 0.29) is 16.6 Å². The number of aromatic carboxylic acids is 1. The number of nitrogens with zero attached hydrogens (tertiary/aromatic N) is 2. The normalized spacial score (nSPS) is 18.9. The largest absolute Gasteiger partial charge is 0.477 e. The molecule has 1 fully saturated rings. The maximum absolute atomic E-state index is 11.0. The fourth-order valence-corrected chi connectivity index (χ4v) is 2.23. The molecule has 0 radical (unpaired) electrons. The van der Waals surface area contributed by atoms with E-state index in [4.69, 9.17) is 21.2 Å². The first-order chi connectivity index (χ1) is 7.59. The van der Waals surface area contributed by atoms with Gasteiger partial charge in [-0.3, -0.25) is 0 Å². The van der Waals surface area contributed by atoms with Crippen LogP contribution in [0, 0.1) is 0 Å². The molecule has 0 bridgehead atoms. The zero-order valence-electron chi connectivity index (χ0n) is 8.94. The van der Waals surface area contributed by atoms with Crippen molar-refractivity contribution < 1.29 is 14.4 Å². The molecule has 16 heavy (non-hydrogen) atoms. The number of hydrogen-bond acceptors (Lipinski definition) is 4. The predicted octanol–water partition coefficient (Wildman–Crippen LogP) is 1.84. The molecule has 2 heterocycles. The highest BCUT2D eigenvalue weighted by Crippen LogP contribution is 2.32. The Kier molecular flexibility index (Phi) is 3.16. The van der Waals surface area contributed by atoms with Crippen LogP contribution in [0.25, 0.3) is 0 Å². The monoisotopic (exact) mass is 244 g/mol. The Morgan fingerprint density at radius 3 is 2.75 bits per heavy atom. The van der Waals surface area contributed by atoms with E-state index in [9.17, 15) is 4.79 Å². The van der Waals surface area contributed by atoms with Crippen LogP contribution in [0.4, 0.5) is 0 Å². The van der Waals surface area contributed by atoms with Gasteiger partial charge in [-0.05, 0) is 33.0 Å². The maximum Gasteiger partial charge on any atom is 0.342 e. The molecule has 1 aliphatic rings. The van der Waals surface area contributed by atoms with Crippen molar-refractivity contribution in [3.8, 4) is 0 Å². The van der Waals surface area contributed by atoms with Gasteiger partial charge in [0.05, 0.1) is 0 Å². The van der Waals surface area contributed by atoms with Crippen molar-refractivity contribution in [2.75, 3.05) is 20.1 Å². The summed E-state index contributed by atoms with van der Waals surface area (Å²) in [5.74, 6) is -0.534. The van der Waals surface area contributed by atoms with Crippen LogP contribution in [0.1, 0.15) is 34.9 Å². The number of halogens is 1. The second-order valence-corrected chi connectivity index (χ2v) is 4.45. The fraction of sp³-hybridized carbons (Fsp3) is 0.600. The first-order valence-corrected chi connectivity index (χ1v) is 5.54. The smallest absolute Gasteiger partial charge is 0.342 e. The Labute approximate surface area is 98.0 Å². The van der Waals surface area contributed by atoms with Gasteiger partial charge in [0.25, 0.3) is 0 Å². The van der Waals surface area contributed by atoms with Crippen LogP contribution in [-0.4, -0.2) is 41.3 Å². The van der Waals surface area contributed by atoms with E-state index >= 15 is 0 Å². The van der Waals surface area contributed by atoms with Gasteiger partial charge in [-0.15, -0.1) is 0 Å². The lowest BCUT2D eigenvalue weighted by molar-refractivity contribution is 0.0692. The summed E-state index contributed by atoms with van der Waals surface area (Å²) in [4.78, 5) is 13.2. The Morgan fingerprint density at radius 1 is 1.56 bits per heavy atom. The highest BCUT2D eigenvalue weighted by atomic mass is 35.5. The van der Waals surface area contributed by atoms with Gasteiger partial charge < -0.3 is 14.5 Å². The average Bonchev–Trinajstić information content (AvgIpc) is 2.61. The number of likely N-dealkylation sites (tertiary alicyclic amines) is 1. The molecule has 1 aliphatic heterocycles. The predicted molar refractivity (Wildman–Crippen MR) is 57.9 cm³/mol. The van der Waals surface area contributed by atoms with Gasteiger partial charge in [0.15, 0.2) is 10.9 Å². The summed E-state index contributed by atoms with van der Waals surface area (Å²) >= 11 is 5.69. The summed E-state index contributed by atoms with van der Waals surface area (Å²) in [6.45, 7) is 1.87. The fourth-order valence-electron chi connectivity index (χ4n) is 2.03. The zero-order valence-corrected chi connectivity index (χ0v) is 9.70. The second-order valence-electron chi connectivity index (χ2n) is 4.10. The molecule has 2 rings (SSSR count). The summed E-state index contributed by atoms with van der Waals surface area (Å²) in [5.41, 5.74) is 0.0243. The lowest BCUT2D eigenvalue weighted by Crippen LogP contribution is -2.29. The lowest BCUT2D eigenvalue weighted by atomic mass is 9.92. The molecule has 88 valence electrons. The molecule has 0 spiro atoms. The van der Waals surface area contributed by atoms with Crippen molar-refractivity contribution in [1.29, 1.82) is 0 Å². The van der Waals surface area contributed by atoms with E-state index < -0.39 is 5.97 Å². The molecule has 1 saturated heterocycles. The molecule has 0 unspecified atom stereocenters. The summed E-state index contributed by atoms with van der Waals surface area (Å²) in [6.07, 6.45) is 1.75. The number of hydrogen-bond donors (Lipinski definition) is 1. The molecule has 1 aromatic rings. The quantitative estimate of drug-likeness (QED) is 0.860. The van der Waals surface area contributed by atoms with Gasteiger partial charge >= 0.3 is 5.97 Å². The van der Waals surface area contributed by atoms with Crippen LogP contribution >= 0.6 is 11.6 Å². The first kappa shape index (κ1) is 11.4. The SMILES string of the molecule is CN1CCC(c2onc(Cl)c2C(=O)O)CC1. The molecular weight excluding hydrogens is 232 g/mol. The van der Waals surface area contributed by atoms with Crippen LogP contribution in [0.3, 0.4) is 0 Å². The van der Waals surface area contributed by atoms with E-state index in [2.05, 4.69) is 10.1 Å². The minimum atomic E-state index is -1.07. The molecule has 0 saturated carbocycles. The second kappa shape index (κ2) is 4.43. The van der Waals surface area contributed by atoms with Gasteiger partial charge in [-0.1, -0.05) is 16.8 Å². The number of aromatic nitrogens is 1. The molecule has 6 heteroatoms. The Hall–Kier alpha value is -1.07. The maximum atomic E-state index is 11.0. The van der Waals surface area contributed by atoms with Gasteiger partial charge in [0.2, 0.25) is 0 Å². The van der Waals surface area contributed by atoms with Gasteiger partial charge in [0, 0.05) is 5.92 Å². The Balaban J connectivity index is 2.24. The van der Waals surface area contributed by atoms with Crippen molar-refractivity contribution in [3.05, 3.63) is 16.5 Å².